The molecule has 2 fully saturated rings. The van der Waals surface area contributed by atoms with Gasteiger partial charge in [-0.05, 0) is 43.9 Å². The van der Waals surface area contributed by atoms with E-state index in [-0.39, 0.29) is 53.0 Å². The van der Waals surface area contributed by atoms with Crippen molar-refractivity contribution in [1.82, 2.24) is 9.21 Å². The van der Waals surface area contributed by atoms with Crippen molar-refractivity contribution in [3.8, 4) is 0 Å². The van der Waals surface area contributed by atoms with Crippen molar-refractivity contribution in [2.24, 2.45) is 5.73 Å². The van der Waals surface area contributed by atoms with Crippen LogP contribution in [0.15, 0.2) is 23.1 Å². The van der Waals surface area contributed by atoms with Crippen molar-refractivity contribution < 1.29 is 22.7 Å². The molecule has 2 saturated heterocycles. The van der Waals surface area contributed by atoms with Crippen LogP contribution in [0.3, 0.4) is 0 Å². The second-order valence-corrected chi connectivity index (χ2v) is 9.05. The van der Waals surface area contributed by atoms with Crippen LogP contribution >= 0.6 is 12.4 Å². The predicted octanol–water partition coefficient (Wildman–Crippen LogP) is 0.995. The Morgan fingerprint density at radius 3 is 2.71 bits per heavy atom. The number of sulfonamides is 1. The number of likely N-dealkylation sites (tertiary alicyclic amines) is 1. The van der Waals surface area contributed by atoms with Crippen LogP contribution in [0, 0.1) is 0 Å². The third-order valence-electron chi connectivity index (χ3n) is 5.56. The van der Waals surface area contributed by atoms with E-state index in [0.29, 0.717) is 19.7 Å². The number of carbonyl (C=O) groups is 2. The highest BCUT2D eigenvalue weighted by Gasteiger charge is 2.43. The molecule has 3 heterocycles. The number of nitrogens with two attached hydrogens (primary N) is 1. The van der Waals surface area contributed by atoms with Crippen molar-refractivity contribution in [1.29, 1.82) is 0 Å². The summed E-state index contributed by atoms with van der Waals surface area (Å²) in [7, 11) is -3.97. The Labute approximate surface area is 170 Å². The second-order valence-electron chi connectivity index (χ2n) is 7.22. The van der Waals surface area contributed by atoms with Gasteiger partial charge < -0.3 is 15.4 Å². The number of hydrogen-bond donors (Lipinski definition) is 1. The molecular weight excluding hydrogens is 406 g/mol. The zero-order valence-corrected chi connectivity index (χ0v) is 17.0. The average Bonchev–Trinajstić information content (AvgIpc) is 3.38. The molecule has 0 aromatic heterocycles. The molecule has 8 nitrogen and oxygen atoms in total. The fourth-order valence-electron chi connectivity index (χ4n) is 4.08. The Hall–Kier alpha value is -1.68. The summed E-state index contributed by atoms with van der Waals surface area (Å²) >= 11 is 0. The van der Waals surface area contributed by atoms with Crippen LogP contribution < -0.4 is 5.73 Å². The SMILES string of the molecule is Cl.NCC1CCCN1C(=O)c1ccc2c(c1)S(=O)(=O)N(CC1CCCO1)C2=O. The van der Waals surface area contributed by atoms with Crippen molar-refractivity contribution in [3.63, 3.8) is 0 Å². The smallest absolute Gasteiger partial charge is 0.269 e. The van der Waals surface area contributed by atoms with Gasteiger partial charge in [-0.25, -0.2) is 12.7 Å². The minimum absolute atomic E-state index is 0. The number of halogens is 1. The van der Waals surface area contributed by atoms with E-state index in [9.17, 15) is 18.0 Å². The zero-order chi connectivity index (χ0) is 19.2. The molecule has 10 heteroatoms. The number of hydrogen-bond acceptors (Lipinski definition) is 6. The van der Waals surface area contributed by atoms with Crippen molar-refractivity contribution in [3.05, 3.63) is 29.3 Å². The van der Waals surface area contributed by atoms with Gasteiger partial charge >= 0.3 is 0 Å². The van der Waals surface area contributed by atoms with Crippen LogP contribution in [-0.4, -0.2) is 67.8 Å². The van der Waals surface area contributed by atoms with Crippen LogP contribution in [0.2, 0.25) is 0 Å². The Bertz CT molecular complexity index is 885. The summed E-state index contributed by atoms with van der Waals surface area (Å²) in [5.41, 5.74) is 6.11. The largest absolute Gasteiger partial charge is 0.376 e. The predicted molar refractivity (Wildman–Crippen MR) is 104 cm³/mol. The Morgan fingerprint density at radius 2 is 2.04 bits per heavy atom. The number of amides is 2. The first kappa shape index (κ1) is 21.0. The molecule has 0 radical (unpaired) electrons. The number of nitrogens with zero attached hydrogens (tertiary/aromatic N) is 2. The van der Waals surface area contributed by atoms with E-state index < -0.39 is 15.9 Å². The standard InChI is InChI=1S/C18H23N3O5S.ClH/c19-10-13-3-1-7-20(13)17(22)12-5-6-15-16(9-12)27(24,25)21(18(15)23)11-14-4-2-8-26-14;/h5-6,9,13-14H,1-4,7-8,10-11,19H2;1H. The molecule has 3 aliphatic heterocycles. The van der Waals surface area contributed by atoms with Gasteiger partial charge in [0.25, 0.3) is 21.8 Å². The molecule has 1 aromatic carbocycles. The molecular formula is C18H24ClN3O5S. The quantitative estimate of drug-likeness (QED) is 0.764. The third kappa shape index (κ3) is 3.41. The molecule has 0 aliphatic carbocycles. The second kappa shape index (κ2) is 7.98. The maximum absolute atomic E-state index is 12.9. The molecule has 0 saturated carbocycles. The summed E-state index contributed by atoms with van der Waals surface area (Å²) in [5, 5.41) is 0. The van der Waals surface area contributed by atoms with Crippen molar-refractivity contribution in [2.45, 2.75) is 42.7 Å². The highest BCUT2D eigenvalue weighted by Crippen LogP contribution is 2.33. The van der Waals surface area contributed by atoms with Crippen LogP contribution in [0.4, 0.5) is 0 Å². The van der Waals surface area contributed by atoms with Crippen LogP contribution in [-0.2, 0) is 14.8 Å². The highest BCUT2D eigenvalue weighted by atomic mass is 35.5. The lowest BCUT2D eigenvalue weighted by Gasteiger charge is -2.23. The monoisotopic (exact) mass is 429 g/mol. The first-order valence-corrected chi connectivity index (χ1v) is 10.7. The summed E-state index contributed by atoms with van der Waals surface area (Å²) < 4.78 is 32.2. The average molecular weight is 430 g/mol. The molecule has 0 bridgehead atoms. The van der Waals surface area contributed by atoms with E-state index in [2.05, 4.69) is 0 Å². The number of ether oxygens (including phenoxy) is 1. The Balaban J connectivity index is 0.00000225. The summed E-state index contributed by atoms with van der Waals surface area (Å²) in [6, 6.07) is 4.26. The van der Waals surface area contributed by atoms with Gasteiger partial charge in [0.2, 0.25) is 0 Å². The van der Waals surface area contributed by atoms with E-state index in [1.807, 2.05) is 0 Å². The molecule has 3 aliphatic rings. The molecule has 28 heavy (non-hydrogen) atoms. The van der Waals surface area contributed by atoms with E-state index in [1.54, 1.807) is 4.90 Å². The minimum atomic E-state index is -3.97. The Kier molecular flexibility index (Phi) is 6.00. The number of carbonyl (C=O) groups excluding carboxylic acids is 2. The maximum Gasteiger partial charge on any atom is 0.269 e. The molecule has 2 amide bonds. The number of benzene rings is 1. The number of rotatable bonds is 4. The fourth-order valence-corrected chi connectivity index (χ4v) is 5.70. The van der Waals surface area contributed by atoms with Crippen LogP contribution in [0.5, 0.6) is 0 Å². The van der Waals surface area contributed by atoms with Gasteiger partial charge in [-0.1, -0.05) is 0 Å². The van der Waals surface area contributed by atoms with Gasteiger partial charge in [0.15, 0.2) is 0 Å². The van der Waals surface area contributed by atoms with E-state index in [0.717, 1.165) is 30.0 Å². The molecule has 2 unspecified atom stereocenters. The van der Waals surface area contributed by atoms with Gasteiger partial charge in [-0.2, -0.15) is 0 Å². The van der Waals surface area contributed by atoms with Crippen molar-refractivity contribution >= 4 is 34.2 Å². The highest BCUT2D eigenvalue weighted by molar-refractivity contribution is 7.90. The molecule has 4 rings (SSSR count). The lowest BCUT2D eigenvalue weighted by atomic mass is 10.1. The lowest BCUT2D eigenvalue weighted by Crippen LogP contribution is -2.40. The zero-order valence-electron chi connectivity index (χ0n) is 15.4. The fraction of sp³-hybridized carbons (Fsp3) is 0.556. The Morgan fingerprint density at radius 1 is 1.25 bits per heavy atom. The lowest BCUT2D eigenvalue weighted by molar-refractivity contribution is 0.0706. The molecule has 154 valence electrons. The van der Waals surface area contributed by atoms with E-state index in [1.165, 1.54) is 18.2 Å². The van der Waals surface area contributed by atoms with Crippen LogP contribution in [0.25, 0.3) is 0 Å². The summed E-state index contributed by atoms with van der Waals surface area (Å²) in [6.45, 7) is 1.58. The summed E-state index contributed by atoms with van der Waals surface area (Å²) in [6.07, 6.45) is 3.05. The first-order chi connectivity index (χ1) is 12.9. The maximum atomic E-state index is 12.9. The van der Waals surface area contributed by atoms with Gasteiger partial charge in [-0.3, -0.25) is 9.59 Å². The molecule has 2 N–H and O–H groups in total. The van der Waals surface area contributed by atoms with E-state index >= 15 is 0 Å². The molecule has 1 aromatic rings. The summed E-state index contributed by atoms with van der Waals surface area (Å²) in [4.78, 5) is 27.0. The van der Waals surface area contributed by atoms with Gasteiger partial charge in [0.05, 0.1) is 18.2 Å². The van der Waals surface area contributed by atoms with Crippen molar-refractivity contribution in [2.75, 3.05) is 26.2 Å². The number of fused-ring (bicyclic) bond motifs is 1. The summed E-state index contributed by atoms with van der Waals surface area (Å²) in [5.74, 6) is -0.800. The van der Waals surface area contributed by atoms with Gasteiger partial charge in [0.1, 0.15) is 4.90 Å². The normalized spacial score (nSPS) is 25.7. The van der Waals surface area contributed by atoms with E-state index in [4.69, 9.17) is 10.5 Å². The third-order valence-corrected chi connectivity index (χ3v) is 7.35. The first-order valence-electron chi connectivity index (χ1n) is 9.27. The molecule has 2 atom stereocenters. The minimum Gasteiger partial charge on any atom is -0.376 e. The topological polar surface area (TPSA) is 110 Å². The van der Waals surface area contributed by atoms with Crippen LogP contribution in [0.1, 0.15) is 46.4 Å². The van der Waals surface area contributed by atoms with Gasteiger partial charge in [-0.15, -0.1) is 12.4 Å². The molecule has 0 spiro atoms. The van der Waals surface area contributed by atoms with Gasteiger partial charge in [0, 0.05) is 31.3 Å².